The molecule has 0 spiro atoms. The molecular formula is C15H24O. The molecule has 0 fully saturated rings. The molecule has 0 aromatic rings. The highest BCUT2D eigenvalue weighted by atomic mass is 16.3. The molecule has 2 rings (SSSR count). The predicted molar refractivity (Wildman–Crippen MR) is 68.1 cm³/mol. The lowest BCUT2D eigenvalue weighted by Crippen LogP contribution is -2.24. The van der Waals surface area contributed by atoms with Gasteiger partial charge in [-0.05, 0) is 55.1 Å². The van der Waals surface area contributed by atoms with Crippen molar-refractivity contribution in [2.45, 2.75) is 52.6 Å². The van der Waals surface area contributed by atoms with Gasteiger partial charge in [-0.2, -0.15) is 0 Å². The summed E-state index contributed by atoms with van der Waals surface area (Å²) < 4.78 is 0. The first-order valence-electron chi connectivity index (χ1n) is 6.57. The lowest BCUT2D eigenvalue weighted by molar-refractivity contribution is 0.110. The standard InChI is InChI=1S/C15H24O/c1-10(2)12-6-5-11(3)13-7-8-15(4,16)14(13)9-12/h7,9-12,16H,5-6,8H2,1-4H3/t11-,12+,15+/m0/s1. The number of allylic oxidation sites excluding steroid dienone is 1. The van der Waals surface area contributed by atoms with Gasteiger partial charge in [0.25, 0.3) is 0 Å². The van der Waals surface area contributed by atoms with Crippen LogP contribution in [0.25, 0.3) is 0 Å². The molecule has 1 heteroatoms. The minimum absolute atomic E-state index is 0.610. The van der Waals surface area contributed by atoms with Gasteiger partial charge in [0.1, 0.15) is 0 Å². The molecule has 0 unspecified atom stereocenters. The smallest absolute Gasteiger partial charge is 0.0902 e. The molecule has 2 aliphatic rings. The largest absolute Gasteiger partial charge is 0.385 e. The zero-order chi connectivity index (χ0) is 11.9. The molecule has 0 aromatic carbocycles. The summed E-state index contributed by atoms with van der Waals surface area (Å²) in [6.45, 7) is 8.82. The normalized spacial score (nSPS) is 39.1. The van der Waals surface area contributed by atoms with Gasteiger partial charge in [-0.15, -0.1) is 0 Å². The SMILES string of the molecule is CC(C)[C@H]1C=C2C(=CC[C@@]2(C)O)[C@@H](C)CC1. The van der Waals surface area contributed by atoms with Crippen LogP contribution in [-0.4, -0.2) is 10.7 Å². The summed E-state index contributed by atoms with van der Waals surface area (Å²) in [7, 11) is 0. The van der Waals surface area contributed by atoms with E-state index in [2.05, 4.69) is 32.9 Å². The van der Waals surface area contributed by atoms with Gasteiger partial charge in [0.2, 0.25) is 0 Å². The number of hydrogen-bond donors (Lipinski definition) is 1. The Balaban J connectivity index is 2.36. The highest BCUT2D eigenvalue weighted by Gasteiger charge is 2.37. The van der Waals surface area contributed by atoms with Crippen molar-refractivity contribution in [2.75, 3.05) is 0 Å². The van der Waals surface area contributed by atoms with Crippen LogP contribution in [0.1, 0.15) is 47.0 Å². The number of aliphatic hydroxyl groups is 1. The quantitative estimate of drug-likeness (QED) is 0.714. The van der Waals surface area contributed by atoms with Crippen LogP contribution in [0, 0.1) is 17.8 Å². The van der Waals surface area contributed by atoms with E-state index in [-0.39, 0.29) is 0 Å². The van der Waals surface area contributed by atoms with E-state index in [4.69, 9.17) is 0 Å². The second kappa shape index (κ2) is 4.03. The van der Waals surface area contributed by atoms with Gasteiger partial charge in [-0.25, -0.2) is 0 Å². The molecular weight excluding hydrogens is 196 g/mol. The van der Waals surface area contributed by atoms with Crippen molar-refractivity contribution in [3.8, 4) is 0 Å². The average Bonchev–Trinajstić information content (AvgIpc) is 2.38. The van der Waals surface area contributed by atoms with E-state index >= 15 is 0 Å². The molecule has 0 saturated carbocycles. The fourth-order valence-electron chi connectivity index (χ4n) is 3.00. The molecule has 0 saturated heterocycles. The molecule has 3 atom stereocenters. The second-order valence-electron chi connectivity index (χ2n) is 6.10. The maximum absolute atomic E-state index is 10.4. The minimum Gasteiger partial charge on any atom is -0.385 e. The van der Waals surface area contributed by atoms with Gasteiger partial charge in [0, 0.05) is 0 Å². The molecule has 0 bridgehead atoms. The summed E-state index contributed by atoms with van der Waals surface area (Å²) in [4.78, 5) is 0. The van der Waals surface area contributed by atoms with Gasteiger partial charge in [-0.1, -0.05) is 32.9 Å². The average molecular weight is 220 g/mol. The summed E-state index contributed by atoms with van der Waals surface area (Å²) in [5, 5.41) is 10.4. The van der Waals surface area contributed by atoms with E-state index in [1.54, 1.807) is 0 Å². The molecule has 16 heavy (non-hydrogen) atoms. The molecule has 0 heterocycles. The van der Waals surface area contributed by atoms with Crippen molar-refractivity contribution in [1.29, 1.82) is 0 Å². The van der Waals surface area contributed by atoms with Crippen LogP contribution in [-0.2, 0) is 0 Å². The van der Waals surface area contributed by atoms with Crippen molar-refractivity contribution >= 4 is 0 Å². The number of rotatable bonds is 1. The van der Waals surface area contributed by atoms with E-state index in [9.17, 15) is 5.11 Å². The third-order valence-electron chi connectivity index (χ3n) is 4.31. The lowest BCUT2D eigenvalue weighted by atomic mass is 9.87. The van der Waals surface area contributed by atoms with Gasteiger partial charge in [0.05, 0.1) is 5.60 Å². The Morgan fingerprint density at radius 1 is 1.38 bits per heavy atom. The van der Waals surface area contributed by atoms with Gasteiger partial charge in [-0.3, -0.25) is 0 Å². The summed E-state index contributed by atoms with van der Waals surface area (Å²) in [5.41, 5.74) is 2.02. The van der Waals surface area contributed by atoms with Crippen LogP contribution in [0.15, 0.2) is 23.3 Å². The van der Waals surface area contributed by atoms with Gasteiger partial charge >= 0.3 is 0 Å². The Kier molecular flexibility index (Phi) is 3.00. The first kappa shape index (κ1) is 11.9. The van der Waals surface area contributed by atoms with E-state index < -0.39 is 5.60 Å². The Morgan fingerprint density at radius 3 is 2.69 bits per heavy atom. The Labute approximate surface area is 99.3 Å². The zero-order valence-corrected chi connectivity index (χ0v) is 11.0. The number of fused-ring (bicyclic) bond motifs is 1. The van der Waals surface area contributed by atoms with E-state index in [1.165, 1.54) is 24.0 Å². The Morgan fingerprint density at radius 2 is 2.06 bits per heavy atom. The molecule has 2 aliphatic carbocycles. The highest BCUT2D eigenvalue weighted by molar-refractivity contribution is 5.46. The van der Waals surface area contributed by atoms with Crippen molar-refractivity contribution in [1.82, 2.24) is 0 Å². The first-order chi connectivity index (χ1) is 7.42. The third-order valence-corrected chi connectivity index (χ3v) is 4.31. The van der Waals surface area contributed by atoms with Gasteiger partial charge in [0.15, 0.2) is 0 Å². The monoisotopic (exact) mass is 220 g/mol. The van der Waals surface area contributed by atoms with Crippen LogP contribution < -0.4 is 0 Å². The van der Waals surface area contributed by atoms with Crippen LogP contribution in [0.5, 0.6) is 0 Å². The molecule has 0 aromatic heterocycles. The fraction of sp³-hybridized carbons (Fsp3) is 0.733. The third kappa shape index (κ3) is 1.98. The van der Waals surface area contributed by atoms with Crippen molar-refractivity contribution in [2.24, 2.45) is 17.8 Å². The molecule has 1 nitrogen and oxygen atoms in total. The van der Waals surface area contributed by atoms with Crippen LogP contribution in [0.4, 0.5) is 0 Å². The highest BCUT2D eigenvalue weighted by Crippen LogP contribution is 2.44. The van der Waals surface area contributed by atoms with E-state index in [0.717, 1.165) is 6.42 Å². The van der Waals surface area contributed by atoms with Crippen LogP contribution in [0.2, 0.25) is 0 Å². The summed E-state index contributed by atoms with van der Waals surface area (Å²) in [5.74, 6) is 1.92. The Hall–Kier alpha value is -0.560. The molecule has 0 aliphatic heterocycles. The number of hydrogen-bond acceptors (Lipinski definition) is 1. The molecule has 90 valence electrons. The van der Waals surface area contributed by atoms with E-state index in [1.807, 2.05) is 6.92 Å². The van der Waals surface area contributed by atoms with Crippen molar-refractivity contribution < 1.29 is 5.11 Å². The van der Waals surface area contributed by atoms with Gasteiger partial charge < -0.3 is 5.11 Å². The second-order valence-corrected chi connectivity index (χ2v) is 6.10. The maximum Gasteiger partial charge on any atom is 0.0902 e. The molecule has 1 N–H and O–H groups in total. The molecule has 0 amide bonds. The molecule has 0 radical (unpaired) electrons. The fourth-order valence-corrected chi connectivity index (χ4v) is 3.00. The zero-order valence-electron chi connectivity index (χ0n) is 11.0. The summed E-state index contributed by atoms with van der Waals surface area (Å²) >= 11 is 0. The summed E-state index contributed by atoms with van der Waals surface area (Å²) in [6, 6.07) is 0. The van der Waals surface area contributed by atoms with Crippen molar-refractivity contribution in [3.63, 3.8) is 0 Å². The first-order valence-corrected chi connectivity index (χ1v) is 6.57. The Bertz CT molecular complexity index is 333. The summed E-state index contributed by atoms with van der Waals surface area (Å²) in [6.07, 6.45) is 7.91. The predicted octanol–water partition coefficient (Wildman–Crippen LogP) is 3.70. The van der Waals surface area contributed by atoms with Crippen molar-refractivity contribution in [3.05, 3.63) is 23.3 Å². The minimum atomic E-state index is -0.610. The topological polar surface area (TPSA) is 20.2 Å². The van der Waals surface area contributed by atoms with Crippen LogP contribution >= 0.6 is 0 Å². The van der Waals surface area contributed by atoms with E-state index in [0.29, 0.717) is 17.8 Å². The maximum atomic E-state index is 10.4. The van der Waals surface area contributed by atoms with Crippen LogP contribution in [0.3, 0.4) is 0 Å². The lowest BCUT2D eigenvalue weighted by Gasteiger charge is -2.23.